The number of rotatable bonds is 1. The highest BCUT2D eigenvalue weighted by atomic mass is 16.1. The Labute approximate surface area is 47.9 Å². The fraction of sp³-hybridized carbons (Fsp3) is 0.200. The first-order valence-electron chi connectivity index (χ1n) is 2.14. The van der Waals surface area contributed by atoms with Crippen LogP contribution in [0.3, 0.4) is 0 Å². The molecule has 0 radical (unpaired) electrons. The average molecular weight is 112 g/mol. The van der Waals surface area contributed by atoms with Gasteiger partial charge < -0.3 is 5.73 Å². The number of carbonyl (C=O) groups excluding carboxylic acids is 1. The van der Waals surface area contributed by atoms with Crippen molar-refractivity contribution < 1.29 is 4.79 Å². The van der Waals surface area contributed by atoms with E-state index in [1.807, 2.05) is 0 Å². The summed E-state index contributed by atoms with van der Waals surface area (Å²) >= 11 is 0. The quantitative estimate of drug-likeness (QED) is 0.385. The van der Waals surface area contributed by atoms with Crippen LogP contribution in [0.5, 0.6) is 0 Å². The SMILES string of the molecule is C=CC(N)=NC(C)=O. The molecule has 0 aliphatic rings. The number of nitrogens with zero attached hydrogens (tertiary/aromatic N) is 1. The summed E-state index contributed by atoms with van der Waals surface area (Å²) in [6.07, 6.45) is 1.32. The number of carbonyl (C=O) groups is 1. The Bertz CT molecular complexity index is 137. The largest absolute Gasteiger partial charge is 0.384 e. The Hall–Kier alpha value is -1.12. The van der Waals surface area contributed by atoms with Gasteiger partial charge in [-0.25, -0.2) is 0 Å². The van der Waals surface area contributed by atoms with E-state index in [1.165, 1.54) is 13.0 Å². The van der Waals surface area contributed by atoms with Crippen LogP contribution in [-0.4, -0.2) is 11.7 Å². The van der Waals surface area contributed by atoms with Gasteiger partial charge in [0.05, 0.1) is 0 Å². The first-order chi connectivity index (χ1) is 3.66. The number of amides is 1. The molecule has 0 saturated heterocycles. The van der Waals surface area contributed by atoms with E-state index < -0.39 is 0 Å². The number of amidine groups is 1. The minimum Gasteiger partial charge on any atom is -0.384 e. The first-order valence-corrected chi connectivity index (χ1v) is 2.14. The Morgan fingerprint density at radius 3 is 2.50 bits per heavy atom. The molecule has 8 heavy (non-hydrogen) atoms. The molecule has 0 bridgehead atoms. The molecule has 0 aliphatic heterocycles. The average Bonchev–Trinajstić information content (AvgIpc) is 1.65. The molecule has 0 saturated carbocycles. The summed E-state index contributed by atoms with van der Waals surface area (Å²) < 4.78 is 0. The molecular weight excluding hydrogens is 104 g/mol. The topological polar surface area (TPSA) is 55.4 Å². The summed E-state index contributed by atoms with van der Waals surface area (Å²) in [5.41, 5.74) is 5.08. The molecule has 0 spiro atoms. The number of nitrogens with two attached hydrogens (primary N) is 1. The molecule has 2 N–H and O–H groups in total. The highest BCUT2D eigenvalue weighted by molar-refractivity contribution is 5.98. The Morgan fingerprint density at radius 1 is 1.88 bits per heavy atom. The lowest BCUT2D eigenvalue weighted by Crippen LogP contribution is -2.08. The normalized spacial score (nSPS) is 10.9. The number of aliphatic imine (C=N–C) groups is 1. The fourth-order valence-electron chi connectivity index (χ4n) is 0.227. The van der Waals surface area contributed by atoms with Crippen LogP contribution in [-0.2, 0) is 4.79 Å². The van der Waals surface area contributed by atoms with Crippen LogP contribution in [0.2, 0.25) is 0 Å². The van der Waals surface area contributed by atoms with Crippen molar-refractivity contribution in [3.63, 3.8) is 0 Å². The Kier molecular flexibility index (Phi) is 2.54. The van der Waals surface area contributed by atoms with Crippen LogP contribution in [0, 0.1) is 0 Å². The van der Waals surface area contributed by atoms with Gasteiger partial charge in [-0.05, 0) is 6.08 Å². The van der Waals surface area contributed by atoms with E-state index in [1.54, 1.807) is 0 Å². The van der Waals surface area contributed by atoms with E-state index in [4.69, 9.17) is 5.73 Å². The lowest BCUT2D eigenvalue weighted by Gasteiger charge is -1.83. The molecule has 1 amide bonds. The molecule has 0 aromatic carbocycles. The monoisotopic (exact) mass is 112 g/mol. The van der Waals surface area contributed by atoms with Gasteiger partial charge in [0.2, 0.25) is 5.91 Å². The van der Waals surface area contributed by atoms with Gasteiger partial charge in [-0.1, -0.05) is 6.58 Å². The smallest absolute Gasteiger partial charge is 0.244 e. The van der Waals surface area contributed by atoms with Crippen LogP contribution >= 0.6 is 0 Å². The summed E-state index contributed by atoms with van der Waals surface area (Å²) in [6, 6.07) is 0. The van der Waals surface area contributed by atoms with Crippen molar-refractivity contribution in [1.82, 2.24) is 0 Å². The third-order valence-corrected chi connectivity index (χ3v) is 0.496. The zero-order valence-corrected chi connectivity index (χ0v) is 4.72. The maximum Gasteiger partial charge on any atom is 0.244 e. The summed E-state index contributed by atoms with van der Waals surface area (Å²) in [7, 11) is 0. The second-order valence-electron chi connectivity index (χ2n) is 1.26. The summed E-state index contributed by atoms with van der Waals surface area (Å²) in [6.45, 7) is 4.64. The molecule has 0 rings (SSSR count). The molecular formula is C5H8N2O. The molecule has 0 aromatic heterocycles. The van der Waals surface area contributed by atoms with Crippen molar-refractivity contribution in [2.45, 2.75) is 6.92 Å². The first kappa shape index (κ1) is 6.88. The summed E-state index contributed by atoms with van der Waals surface area (Å²) in [5.74, 6) is -0.139. The van der Waals surface area contributed by atoms with Gasteiger partial charge in [0, 0.05) is 6.92 Å². The molecule has 3 heteroatoms. The van der Waals surface area contributed by atoms with Crippen molar-refractivity contribution >= 4 is 11.7 Å². The van der Waals surface area contributed by atoms with Gasteiger partial charge in [-0.15, -0.1) is 0 Å². The third kappa shape index (κ3) is 3.08. The Morgan fingerprint density at radius 2 is 2.38 bits per heavy atom. The van der Waals surface area contributed by atoms with E-state index in [9.17, 15) is 4.79 Å². The van der Waals surface area contributed by atoms with E-state index >= 15 is 0 Å². The molecule has 0 aliphatic carbocycles. The fourth-order valence-corrected chi connectivity index (χ4v) is 0.227. The summed E-state index contributed by atoms with van der Waals surface area (Å²) in [5, 5.41) is 0. The second kappa shape index (κ2) is 2.96. The van der Waals surface area contributed by atoms with Crippen molar-refractivity contribution in [2.75, 3.05) is 0 Å². The van der Waals surface area contributed by atoms with Crippen molar-refractivity contribution in [2.24, 2.45) is 10.7 Å². The summed E-state index contributed by atoms with van der Waals surface area (Å²) in [4.78, 5) is 13.4. The molecule has 0 atom stereocenters. The molecule has 0 aromatic rings. The van der Waals surface area contributed by atoms with Gasteiger partial charge in [-0.3, -0.25) is 4.79 Å². The zero-order chi connectivity index (χ0) is 6.57. The van der Waals surface area contributed by atoms with E-state index in [0.717, 1.165) is 0 Å². The molecule has 44 valence electrons. The van der Waals surface area contributed by atoms with Gasteiger partial charge in [0.1, 0.15) is 5.84 Å². The second-order valence-corrected chi connectivity index (χ2v) is 1.26. The maximum absolute atomic E-state index is 10.1. The van der Waals surface area contributed by atoms with Crippen molar-refractivity contribution in [1.29, 1.82) is 0 Å². The predicted molar refractivity (Wildman–Crippen MR) is 32.5 cm³/mol. The van der Waals surface area contributed by atoms with Crippen molar-refractivity contribution in [3.05, 3.63) is 12.7 Å². The van der Waals surface area contributed by atoms with Crippen LogP contribution in [0.25, 0.3) is 0 Å². The van der Waals surface area contributed by atoms with E-state index in [2.05, 4.69) is 11.6 Å². The van der Waals surface area contributed by atoms with Gasteiger partial charge in [0.25, 0.3) is 0 Å². The lowest BCUT2D eigenvalue weighted by atomic mass is 10.6. The molecule has 0 heterocycles. The van der Waals surface area contributed by atoms with Crippen LogP contribution in [0.15, 0.2) is 17.6 Å². The maximum atomic E-state index is 10.1. The van der Waals surface area contributed by atoms with E-state index in [0.29, 0.717) is 0 Å². The number of hydrogen-bond donors (Lipinski definition) is 1. The highest BCUT2D eigenvalue weighted by Crippen LogP contribution is 1.72. The molecule has 0 fully saturated rings. The Balaban J connectivity index is 3.94. The minimum absolute atomic E-state index is 0.164. The molecule has 3 nitrogen and oxygen atoms in total. The van der Waals surface area contributed by atoms with Gasteiger partial charge >= 0.3 is 0 Å². The predicted octanol–water partition coefficient (Wildman–Crippen LogP) is 0.0761. The number of hydrogen-bond acceptors (Lipinski definition) is 1. The highest BCUT2D eigenvalue weighted by Gasteiger charge is 1.84. The van der Waals surface area contributed by atoms with E-state index in [-0.39, 0.29) is 11.7 Å². The van der Waals surface area contributed by atoms with Crippen LogP contribution in [0.4, 0.5) is 0 Å². The van der Waals surface area contributed by atoms with Crippen molar-refractivity contribution in [3.8, 4) is 0 Å². The van der Waals surface area contributed by atoms with Crippen LogP contribution < -0.4 is 5.73 Å². The van der Waals surface area contributed by atoms with Gasteiger partial charge in [-0.2, -0.15) is 4.99 Å². The lowest BCUT2D eigenvalue weighted by molar-refractivity contribution is -0.115. The van der Waals surface area contributed by atoms with Gasteiger partial charge in [0.15, 0.2) is 0 Å². The third-order valence-electron chi connectivity index (χ3n) is 0.496. The zero-order valence-electron chi connectivity index (χ0n) is 4.72. The minimum atomic E-state index is -0.303. The standard InChI is InChI=1S/C5H8N2O/c1-3-5(6)7-4(2)8/h3H,1H2,2H3,(H2,6,7,8). The van der Waals surface area contributed by atoms with Crippen LogP contribution in [0.1, 0.15) is 6.92 Å². The molecule has 0 unspecified atom stereocenters.